The summed E-state index contributed by atoms with van der Waals surface area (Å²) in [4.78, 5) is 50.9. The van der Waals surface area contributed by atoms with Crippen LogP contribution in [0.1, 0.15) is 64.6 Å². The van der Waals surface area contributed by atoms with Crippen LogP contribution in [0.3, 0.4) is 0 Å². The van der Waals surface area contributed by atoms with Gasteiger partial charge in [-0.1, -0.05) is 44.2 Å². The predicted octanol–water partition coefficient (Wildman–Crippen LogP) is 2.57. The van der Waals surface area contributed by atoms with Gasteiger partial charge in [0.05, 0.1) is 6.04 Å². The van der Waals surface area contributed by atoms with Crippen LogP contribution in [0, 0.1) is 5.92 Å². The Bertz CT molecular complexity index is 1050. The van der Waals surface area contributed by atoms with Gasteiger partial charge in [-0.15, -0.1) is 0 Å². The second-order valence-corrected chi connectivity index (χ2v) is 8.38. The minimum Gasteiger partial charge on any atom is -0.345 e. The predicted molar refractivity (Wildman–Crippen MR) is 114 cm³/mol. The molecule has 0 aromatic heterocycles. The fourth-order valence-electron chi connectivity index (χ4n) is 4.24. The van der Waals surface area contributed by atoms with Gasteiger partial charge in [-0.3, -0.25) is 24.5 Å². The first-order valence-corrected chi connectivity index (χ1v) is 10.5. The topological polar surface area (TPSA) is 95.6 Å². The molecule has 0 radical (unpaired) electrons. The van der Waals surface area contributed by atoms with Crippen LogP contribution in [-0.4, -0.2) is 34.6 Å². The number of rotatable bonds is 5. The molecule has 2 N–H and O–H groups in total. The molecular weight excluding hydrogens is 394 g/mol. The van der Waals surface area contributed by atoms with Gasteiger partial charge in [-0.25, -0.2) is 0 Å². The van der Waals surface area contributed by atoms with Gasteiger partial charge in [0.2, 0.25) is 11.8 Å². The third-order valence-electron chi connectivity index (χ3n) is 5.90. The number of imide groups is 1. The highest BCUT2D eigenvalue weighted by molar-refractivity contribution is 6.06. The molecule has 0 bridgehead atoms. The third kappa shape index (κ3) is 4.08. The first-order chi connectivity index (χ1) is 14.8. The number of nitrogens with zero attached hydrogens (tertiary/aromatic N) is 1. The van der Waals surface area contributed by atoms with Crippen LogP contribution < -0.4 is 10.6 Å². The van der Waals surface area contributed by atoms with E-state index in [2.05, 4.69) is 24.5 Å². The van der Waals surface area contributed by atoms with Crippen molar-refractivity contribution in [1.82, 2.24) is 15.5 Å². The van der Waals surface area contributed by atoms with Gasteiger partial charge in [-0.2, -0.15) is 0 Å². The Labute approximate surface area is 180 Å². The summed E-state index contributed by atoms with van der Waals surface area (Å²) < 4.78 is 0. The molecule has 2 aliphatic rings. The maximum atomic E-state index is 13.0. The molecular formula is C24H25N3O4. The van der Waals surface area contributed by atoms with Crippen molar-refractivity contribution in [3.8, 4) is 0 Å². The molecule has 1 unspecified atom stereocenters. The summed E-state index contributed by atoms with van der Waals surface area (Å²) >= 11 is 0. The van der Waals surface area contributed by atoms with Gasteiger partial charge in [0.15, 0.2) is 0 Å². The Kier molecular flexibility index (Phi) is 5.59. The molecule has 160 valence electrons. The lowest BCUT2D eigenvalue weighted by atomic mass is 9.95. The second-order valence-electron chi connectivity index (χ2n) is 8.38. The van der Waals surface area contributed by atoms with Crippen molar-refractivity contribution in [2.24, 2.45) is 5.92 Å². The Morgan fingerprint density at radius 3 is 2.52 bits per heavy atom. The third-order valence-corrected chi connectivity index (χ3v) is 5.90. The zero-order valence-electron chi connectivity index (χ0n) is 17.6. The van der Waals surface area contributed by atoms with Crippen molar-refractivity contribution in [3.05, 3.63) is 70.8 Å². The van der Waals surface area contributed by atoms with Gasteiger partial charge in [-0.05, 0) is 41.7 Å². The van der Waals surface area contributed by atoms with Gasteiger partial charge < -0.3 is 10.2 Å². The number of nitrogens with one attached hydrogen (secondary N) is 2. The van der Waals surface area contributed by atoms with Crippen LogP contribution in [0.5, 0.6) is 0 Å². The zero-order valence-corrected chi connectivity index (χ0v) is 17.6. The van der Waals surface area contributed by atoms with Gasteiger partial charge in [0.1, 0.15) is 6.04 Å². The number of carbonyl (C=O) groups is 4. The molecule has 7 heteroatoms. The van der Waals surface area contributed by atoms with E-state index >= 15 is 0 Å². The first kappa shape index (κ1) is 20.8. The fraction of sp³-hybridized carbons (Fsp3) is 0.333. The van der Waals surface area contributed by atoms with Crippen LogP contribution in [0.25, 0.3) is 0 Å². The van der Waals surface area contributed by atoms with Gasteiger partial charge in [0, 0.05) is 24.1 Å². The van der Waals surface area contributed by atoms with Gasteiger partial charge in [0.25, 0.3) is 11.8 Å². The summed E-state index contributed by atoms with van der Waals surface area (Å²) in [5, 5.41) is 5.39. The van der Waals surface area contributed by atoms with Crippen molar-refractivity contribution in [2.45, 2.75) is 45.3 Å². The molecule has 31 heavy (non-hydrogen) atoms. The number of piperidine rings is 1. The minimum absolute atomic E-state index is 0.136. The summed E-state index contributed by atoms with van der Waals surface area (Å²) in [7, 11) is 0. The average molecular weight is 419 g/mol. The van der Waals surface area contributed by atoms with Crippen molar-refractivity contribution in [1.29, 1.82) is 0 Å². The Balaban J connectivity index is 1.52. The molecule has 4 amide bonds. The summed E-state index contributed by atoms with van der Waals surface area (Å²) in [5.41, 5.74) is 2.71. The van der Waals surface area contributed by atoms with Gasteiger partial charge >= 0.3 is 0 Å². The summed E-state index contributed by atoms with van der Waals surface area (Å²) in [6.07, 6.45) is 0.519. The van der Waals surface area contributed by atoms with Crippen LogP contribution in [0.4, 0.5) is 0 Å². The molecule has 2 aromatic carbocycles. The van der Waals surface area contributed by atoms with Crippen LogP contribution in [-0.2, 0) is 16.1 Å². The standard InChI is InChI=1S/C24H25N3O4/c1-14(2)21(15-6-4-3-5-7-15)26-22(29)16-8-9-18-17(12-16)13-27(24(18)31)19-10-11-20(28)25-23(19)30/h3-9,12,14,19,21H,10-11,13H2,1-2H3,(H,26,29)(H,25,28,30)/t19?,21-/m1/s1. The summed E-state index contributed by atoms with van der Waals surface area (Å²) in [5.74, 6) is -1.02. The molecule has 2 heterocycles. The molecule has 1 saturated heterocycles. The Hall–Kier alpha value is -3.48. The average Bonchev–Trinajstić information content (AvgIpc) is 3.08. The molecule has 2 aromatic rings. The zero-order chi connectivity index (χ0) is 22.1. The lowest BCUT2D eigenvalue weighted by molar-refractivity contribution is -0.136. The van der Waals surface area contributed by atoms with E-state index in [4.69, 9.17) is 0 Å². The van der Waals surface area contributed by atoms with E-state index in [0.717, 1.165) is 5.56 Å². The van der Waals surface area contributed by atoms with E-state index in [1.54, 1.807) is 18.2 Å². The maximum Gasteiger partial charge on any atom is 0.255 e. The number of benzene rings is 2. The van der Waals surface area contributed by atoms with Crippen molar-refractivity contribution >= 4 is 23.6 Å². The number of hydrogen-bond acceptors (Lipinski definition) is 4. The number of carbonyl (C=O) groups excluding carboxylic acids is 4. The molecule has 0 aliphatic carbocycles. The van der Waals surface area contributed by atoms with Crippen LogP contribution in [0.2, 0.25) is 0 Å². The normalized spacial score (nSPS) is 19.3. The fourth-order valence-corrected chi connectivity index (χ4v) is 4.24. The highest BCUT2D eigenvalue weighted by Crippen LogP contribution is 2.29. The van der Waals surface area contributed by atoms with Crippen molar-refractivity contribution in [3.63, 3.8) is 0 Å². The number of amides is 4. The van der Waals surface area contributed by atoms with E-state index < -0.39 is 11.9 Å². The van der Waals surface area contributed by atoms with Crippen LogP contribution in [0.15, 0.2) is 48.5 Å². The van der Waals surface area contributed by atoms with Crippen molar-refractivity contribution in [2.75, 3.05) is 0 Å². The molecule has 2 atom stereocenters. The quantitative estimate of drug-likeness (QED) is 0.728. The highest BCUT2D eigenvalue weighted by Gasteiger charge is 2.39. The van der Waals surface area contributed by atoms with E-state index in [1.165, 1.54) is 4.90 Å². The lowest BCUT2D eigenvalue weighted by Gasteiger charge is -2.29. The van der Waals surface area contributed by atoms with E-state index in [9.17, 15) is 19.2 Å². The molecule has 0 spiro atoms. The Morgan fingerprint density at radius 1 is 1.10 bits per heavy atom. The van der Waals surface area contributed by atoms with E-state index in [1.807, 2.05) is 30.3 Å². The summed E-state index contributed by atoms with van der Waals surface area (Å²) in [6.45, 7) is 4.35. The monoisotopic (exact) mass is 419 g/mol. The summed E-state index contributed by atoms with van der Waals surface area (Å²) in [6, 6.07) is 14.0. The van der Waals surface area contributed by atoms with E-state index in [-0.39, 0.29) is 42.6 Å². The SMILES string of the molecule is CC(C)[C@@H](NC(=O)c1ccc2c(c1)CN(C1CCC(=O)NC1=O)C2=O)c1ccccc1. The highest BCUT2D eigenvalue weighted by atomic mass is 16.2. The van der Waals surface area contributed by atoms with Crippen LogP contribution >= 0.6 is 0 Å². The lowest BCUT2D eigenvalue weighted by Crippen LogP contribution is -2.52. The second kappa shape index (κ2) is 8.34. The molecule has 1 fully saturated rings. The smallest absolute Gasteiger partial charge is 0.255 e. The molecule has 4 rings (SSSR count). The molecule has 2 aliphatic heterocycles. The minimum atomic E-state index is -0.668. The largest absolute Gasteiger partial charge is 0.345 e. The Morgan fingerprint density at radius 2 is 1.84 bits per heavy atom. The maximum absolute atomic E-state index is 13.0. The van der Waals surface area contributed by atoms with Crippen molar-refractivity contribution < 1.29 is 19.2 Å². The molecule has 7 nitrogen and oxygen atoms in total. The number of hydrogen-bond donors (Lipinski definition) is 2. The number of fused-ring (bicyclic) bond motifs is 1. The molecule has 0 saturated carbocycles. The first-order valence-electron chi connectivity index (χ1n) is 10.5. The van der Waals surface area contributed by atoms with E-state index in [0.29, 0.717) is 23.1 Å².